The number of aliphatic hydroxyl groups is 1. The van der Waals surface area contributed by atoms with Gasteiger partial charge in [-0.05, 0) is 6.92 Å². The average molecular weight is 251 g/mol. The van der Waals surface area contributed by atoms with Gasteiger partial charge in [-0.2, -0.15) is 4.89 Å². The van der Waals surface area contributed by atoms with Crippen LogP contribution in [0.1, 0.15) is 6.92 Å². The van der Waals surface area contributed by atoms with Gasteiger partial charge in [0, 0.05) is 19.3 Å². The van der Waals surface area contributed by atoms with Crippen molar-refractivity contribution in [3.63, 3.8) is 0 Å². The zero-order chi connectivity index (χ0) is 12.4. The molecule has 1 heterocycles. The van der Waals surface area contributed by atoms with Gasteiger partial charge in [-0.3, -0.25) is 4.90 Å². The Hall–Kier alpha value is -0.630. The van der Waals surface area contributed by atoms with Crippen molar-refractivity contribution in [2.24, 2.45) is 0 Å². The van der Waals surface area contributed by atoms with Crippen LogP contribution in [0, 0.1) is 0 Å². The number of hydrogen-bond donors (Lipinski definition) is 1. The van der Waals surface area contributed by atoms with Gasteiger partial charge in [-0.15, -0.1) is 0 Å². The summed E-state index contributed by atoms with van der Waals surface area (Å²) < 4.78 is 22.6. The molecule has 0 aromatic rings. The molecule has 0 amide bonds. The van der Waals surface area contributed by atoms with Gasteiger partial charge in [-0.25, -0.2) is 8.42 Å². The number of rotatable bonds is 6. The Morgan fingerprint density at radius 1 is 1.62 bits per heavy atom. The summed E-state index contributed by atoms with van der Waals surface area (Å²) in [5.41, 5.74) is -1.19. The number of β-amino-alcohol motifs (C(OH)–C–C–N with tert-alkyl or cyclic N) is 1. The maximum absolute atomic E-state index is 11.3. The van der Waals surface area contributed by atoms with E-state index in [1.54, 1.807) is 4.90 Å². The summed E-state index contributed by atoms with van der Waals surface area (Å²) in [4.78, 5) is 10.9. The van der Waals surface area contributed by atoms with E-state index in [1.165, 1.54) is 6.92 Å². The number of hydrogen-bond acceptors (Lipinski definition) is 6. The summed E-state index contributed by atoms with van der Waals surface area (Å²) >= 11 is 0. The van der Waals surface area contributed by atoms with E-state index in [1.807, 2.05) is 0 Å². The predicted octanol–water partition coefficient (Wildman–Crippen LogP) is -0.485. The van der Waals surface area contributed by atoms with Gasteiger partial charge in [0.15, 0.2) is 9.84 Å². The van der Waals surface area contributed by atoms with Crippen LogP contribution >= 0.6 is 0 Å². The van der Waals surface area contributed by atoms with E-state index < -0.39 is 20.7 Å². The molecule has 0 aromatic carbocycles. The Kier molecular flexibility index (Phi) is 3.95. The summed E-state index contributed by atoms with van der Waals surface area (Å²) in [5, 5.41) is 9.22. The molecule has 7 heteroatoms. The van der Waals surface area contributed by atoms with E-state index in [-0.39, 0.29) is 19.8 Å². The first-order chi connectivity index (χ1) is 7.29. The molecule has 1 atom stereocenters. The van der Waals surface area contributed by atoms with Crippen molar-refractivity contribution >= 4 is 9.84 Å². The summed E-state index contributed by atoms with van der Waals surface area (Å²) in [7, 11) is -3.23. The maximum atomic E-state index is 11.3. The lowest BCUT2D eigenvalue weighted by molar-refractivity contribution is -0.292. The van der Waals surface area contributed by atoms with Crippen LogP contribution < -0.4 is 0 Å². The van der Waals surface area contributed by atoms with Crippen molar-refractivity contribution in [2.45, 2.75) is 17.8 Å². The third kappa shape index (κ3) is 2.94. The maximum Gasteiger partial charge on any atom is 0.152 e. The topological polar surface area (TPSA) is 76.1 Å². The number of sulfone groups is 1. The van der Waals surface area contributed by atoms with Gasteiger partial charge < -0.3 is 9.99 Å². The first-order valence-corrected chi connectivity index (χ1v) is 6.78. The summed E-state index contributed by atoms with van der Waals surface area (Å²) in [5.74, 6) is 0. The second-order valence-electron chi connectivity index (χ2n) is 4.07. The fourth-order valence-electron chi connectivity index (χ4n) is 1.63. The molecule has 1 fully saturated rings. The molecule has 0 bridgehead atoms. The van der Waals surface area contributed by atoms with E-state index in [4.69, 9.17) is 4.89 Å². The molecule has 0 radical (unpaired) electrons. The molecule has 1 unspecified atom stereocenters. The normalized spacial score (nSPS) is 22.2. The molecular formula is C9H17NO5S. The van der Waals surface area contributed by atoms with E-state index in [9.17, 15) is 13.5 Å². The quantitative estimate of drug-likeness (QED) is 0.297. The molecule has 0 spiro atoms. The molecule has 1 aliphatic heterocycles. The van der Waals surface area contributed by atoms with Gasteiger partial charge in [-0.1, -0.05) is 6.58 Å². The predicted molar refractivity (Wildman–Crippen MR) is 58.1 cm³/mol. The van der Waals surface area contributed by atoms with Crippen LogP contribution in [0.2, 0.25) is 0 Å². The first-order valence-electron chi connectivity index (χ1n) is 4.82. The lowest BCUT2D eigenvalue weighted by Crippen LogP contribution is -2.68. The molecule has 6 nitrogen and oxygen atoms in total. The zero-order valence-electron chi connectivity index (χ0n) is 9.42. The monoisotopic (exact) mass is 251 g/mol. The summed E-state index contributed by atoms with van der Waals surface area (Å²) in [6, 6.07) is 0. The Labute approximate surface area is 95.3 Å². The second-order valence-corrected chi connectivity index (χ2v) is 6.44. The van der Waals surface area contributed by atoms with Crippen LogP contribution in [0.25, 0.3) is 0 Å². The average Bonchev–Trinajstić information content (AvgIpc) is 2.12. The van der Waals surface area contributed by atoms with E-state index in [0.29, 0.717) is 0 Å². The molecule has 1 rings (SSSR count). The fourth-order valence-corrected chi connectivity index (χ4v) is 2.57. The molecule has 94 valence electrons. The van der Waals surface area contributed by atoms with Crippen LogP contribution in [0.15, 0.2) is 12.8 Å². The highest BCUT2D eigenvalue weighted by molar-refractivity contribution is 7.91. The van der Waals surface area contributed by atoms with Gasteiger partial charge >= 0.3 is 0 Å². The molecule has 1 aliphatic rings. The molecule has 0 saturated carbocycles. The van der Waals surface area contributed by atoms with Crippen LogP contribution in [0.4, 0.5) is 0 Å². The van der Waals surface area contributed by atoms with Crippen LogP contribution in [-0.2, 0) is 19.6 Å². The Morgan fingerprint density at radius 2 is 2.19 bits per heavy atom. The molecule has 1 N–H and O–H groups in total. The third-order valence-electron chi connectivity index (χ3n) is 2.77. The lowest BCUT2D eigenvalue weighted by atomic mass is 9.91. The van der Waals surface area contributed by atoms with Crippen LogP contribution in [0.5, 0.6) is 0 Å². The minimum Gasteiger partial charge on any atom is -0.386 e. The van der Waals surface area contributed by atoms with Crippen LogP contribution in [-0.4, -0.2) is 55.4 Å². The standard InChI is InChI=1S/C9H17NO5S/c1-4-14-15-7-10-5-9(11,6-10)8(2)16(3,12)13/h4,8,11H,1,5-7H2,2-3H3. The minimum atomic E-state index is -3.23. The number of nitrogens with zero attached hydrogens (tertiary/aromatic N) is 1. The van der Waals surface area contributed by atoms with E-state index >= 15 is 0 Å². The van der Waals surface area contributed by atoms with Gasteiger partial charge in [0.1, 0.15) is 18.6 Å². The fraction of sp³-hybridized carbons (Fsp3) is 0.778. The molecule has 1 saturated heterocycles. The van der Waals surface area contributed by atoms with Crippen molar-refractivity contribution in [1.29, 1.82) is 0 Å². The highest BCUT2D eigenvalue weighted by Crippen LogP contribution is 2.28. The summed E-state index contributed by atoms with van der Waals surface area (Å²) in [6.45, 7) is 5.48. The summed E-state index contributed by atoms with van der Waals surface area (Å²) in [6.07, 6.45) is 2.26. The van der Waals surface area contributed by atoms with Gasteiger partial charge in [0.05, 0.1) is 5.25 Å². The largest absolute Gasteiger partial charge is 0.386 e. The molecule has 0 aromatic heterocycles. The molecular weight excluding hydrogens is 234 g/mol. The van der Waals surface area contributed by atoms with Crippen molar-refractivity contribution in [3.8, 4) is 0 Å². The zero-order valence-corrected chi connectivity index (χ0v) is 10.2. The first kappa shape index (κ1) is 13.4. The SMILES string of the molecule is C=COOCN1CC(O)(C(C)S(C)(=O)=O)C1. The Balaban J connectivity index is 2.40. The Morgan fingerprint density at radius 3 is 2.62 bits per heavy atom. The lowest BCUT2D eigenvalue weighted by Gasteiger charge is -2.48. The molecule has 0 aliphatic carbocycles. The van der Waals surface area contributed by atoms with Crippen molar-refractivity contribution in [1.82, 2.24) is 4.90 Å². The second kappa shape index (κ2) is 4.70. The van der Waals surface area contributed by atoms with Crippen molar-refractivity contribution in [3.05, 3.63) is 12.8 Å². The van der Waals surface area contributed by atoms with Gasteiger partial charge in [0.25, 0.3) is 0 Å². The van der Waals surface area contributed by atoms with Crippen LogP contribution in [0.3, 0.4) is 0 Å². The highest BCUT2D eigenvalue weighted by atomic mass is 32.2. The van der Waals surface area contributed by atoms with Crippen molar-refractivity contribution < 1.29 is 23.3 Å². The smallest absolute Gasteiger partial charge is 0.152 e. The van der Waals surface area contributed by atoms with E-state index in [0.717, 1.165) is 12.5 Å². The molecule has 16 heavy (non-hydrogen) atoms. The third-order valence-corrected chi connectivity index (χ3v) is 4.49. The minimum absolute atomic E-state index is 0.171. The van der Waals surface area contributed by atoms with Crippen molar-refractivity contribution in [2.75, 3.05) is 26.1 Å². The van der Waals surface area contributed by atoms with E-state index in [2.05, 4.69) is 11.5 Å². The van der Waals surface area contributed by atoms with Gasteiger partial charge in [0.2, 0.25) is 0 Å². The highest BCUT2D eigenvalue weighted by Gasteiger charge is 2.49. The number of likely N-dealkylation sites (tertiary alicyclic amines) is 1. The Bertz CT molecular complexity index is 347.